The Bertz CT molecular complexity index is 838. The van der Waals surface area contributed by atoms with Crippen LogP contribution >= 0.6 is 0 Å². The van der Waals surface area contributed by atoms with Gasteiger partial charge in [-0.25, -0.2) is 4.39 Å². The lowest BCUT2D eigenvalue weighted by Crippen LogP contribution is -2.50. The van der Waals surface area contributed by atoms with Crippen molar-refractivity contribution in [2.24, 2.45) is 0 Å². The van der Waals surface area contributed by atoms with E-state index in [9.17, 15) is 14.4 Å². The van der Waals surface area contributed by atoms with Crippen LogP contribution in [-0.2, 0) is 4.79 Å². The molecule has 1 aliphatic heterocycles. The number of nitriles is 1. The molecule has 0 saturated carbocycles. The summed E-state index contributed by atoms with van der Waals surface area (Å²) in [4.78, 5) is 14.2. The zero-order valence-electron chi connectivity index (χ0n) is 12.6. The summed E-state index contributed by atoms with van der Waals surface area (Å²) >= 11 is 0. The number of carbonyl (C=O) groups is 1. The maximum atomic E-state index is 13.2. The van der Waals surface area contributed by atoms with Gasteiger partial charge in [0.1, 0.15) is 23.3 Å². The summed E-state index contributed by atoms with van der Waals surface area (Å²) in [7, 11) is 0. The first-order chi connectivity index (χ1) is 10.8. The van der Waals surface area contributed by atoms with Gasteiger partial charge < -0.3 is 10.5 Å². The van der Waals surface area contributed by atoms with Gasteiger partial charge in [-0.3, -0.25) is 9.69 Å². The van der Waals surface area contributed by atoms with Crippen LogP contribution in [0.1, 0.15) is 19.4 Å². The molecule has 2 aromatic carbocycles. The lowest BCUT2D eigenvalue weighted by molar-refractivity contribution is -0.131. The Hall–Kier alpha value is -3.07. The third kappa shape index (κ3) is 2.36. The van der Waals surface area contributed by atoms with Gasteiger partial charge in [0.25, 0.3) is 5.91 Å². The zero-order chi connectivity index (χ0) is 16.8. The fourth-order valence-corrected chi connectivity index (χ4v) is 2.55. The van der Waals surface area contributed by atoms with E-state index in [0.29, 0.717) is 22.8 Å². The van der Waals surface area contributed by atoms with E-state index in [4.69, 9.17) is 10.5 Å². The maximum Gasteiger partial charge on any atom is 0.275 e. The van der Waals surface area contributed by atoms with Crippen LogP contribution in [0.4, 0.5) is 21.5 Å². The molecule has 3 rings (SSSR count). The number of hydrogen-bond acceptors (Lipinski definition) is 4. The molecule has 0 saturated heterocycles. The first-order valence-electron chi connectivity index (χ1n) is 6.96. The molecule has 0 aromatic heterocycles. The van der Waals surface area contributed by atoms with Gasteiger partial charge in [0.05, 0.1) is 5.56 Å². The molecule has 116 valence electrons. The Balaban J connectivity index is 2.29. The molecular weight excluding hydrogens is 297 g/mol. The lowest BCUT2D eigenvalue weighted by Gasteiger charge is -2.39. The number of hydrogen-bond donors (Lipinski definition) is 1. The fraction of sp³-hybridized carbons (Fsp3) is 0.176. The van der Waals surface area contributed by atoms with E-state index in [2.05, 4.69) is 0 Å². The van der Waals surface area contributed by atoms with E-state index in [1.165, 1.54) is 35.2 Å². The molecule has 5 nitrogen and oxygen atoms in total. The van der Waals surface area contributed by atoms with Crippen LogP contribution in [0.15, 0.2) is 36.4 Å². The molecular formula is C17H14FN3O2. The number of nitrogen functional groups attached to an aromatic ring is 1. The quantitative estimate of drug-likeness (QED) is 0.821. The van der Waals surface area contributed by atoms with Crippen LogP contribution < -0.4 is 15.4 Å². The topological polar surface area (TPSA) is 79.3 Å². The van der Waals surface area contributed by atoms with E-state index >= 15 is 0 Å². The Morgan fingerprint density at radius 3 is 2.52 bits per heavy atom. The molecule has 0 fully saturated rings. The smallest absolute Gasteiger partial charge is 0.275 e. The van der Waals surface area contributed by atoms with E-state index in [1.54, 1.807) is 19.9 Å². The molecule has 0 spiro atoms. The van der Waals surface area contributed by atoms with Gasteiger partial charge in [-0.2, -0.15) is 5.26 Å². The minimum Gasteiger partial charge on any atom is -0.476 e. The maximum absolute atomic E-state index is 13.2. The fourth-order valence-electron chi connectivity index (χ4n) is 2.55. The third-order valence-electron chi connectivity index (χ3n) is 3.61. The van der Waals surface area contributed by atoms with Gasteiger partial charge in [0.2, 0.25) is 0 Å². The second-order valence-electron chi connectivity index (χ2n) is 5.76. The van der Waals surface area contributed by atoms with Crippen molar-refractivity contribution in [3.63, 3.8) is 0 Å². The number of amides is 1. The summed E-state index contributed by atoms with van der Waals surface area (Å²) in [6.07, 6.45) is 0. The van der Waals surface area contributed by atoms with Crippen molar-refractivity contribution in [1.29, 1.82) is 5.26 Å². The molecule has 2 aromatic rings. The monoisotopic (exact) mass is 311 g/mol. The van der Waals surface area contributed by atoms with Crippen molar-refractivity contribution in [2.45, 2.75) is 19.4 Å². The predicted octanol–water partition coefficient (Wildman–Crippen LogP) is 3.12. The number of benzene rings is 2. The van der Waals surface area contributed by atoms with E-state index in [-0.39, 0.29) is 11.5 Å². The van der Waals surface area contributed by atoms with Gasteiger partial charge in [-0.05, 0) is 44.2 Å². The first kappa shape index (κ1) is 14.9. The number of nitrogens with two attached hydrogens (primary N) is 1. The molecule has 6 heteroatoms. The third-order valence-corrected chi connectivity index (χ3v) is 3.61. The number of halogens is 1. The average Bonchev–Trinajstić information content (AvgIpc) is 2.49. The van der Waals surface area contributed by atoms with Gasteiger partial charge in [-0.15, -0.1) is 0 Å². The molecule has 0 radical (unpaired) electrons. The van der Waals surface area contributed by atoms with Crippen LogP contribution in [0.25, 0.3) is 0 Å². The predicted molar refractivity (Wildman–Crippen MR) is 83.8 cm³/mol. The summed E-state index contributed by atoms with van der Waals surface area (Å²) in [6.45, 7) is 3.26. The summed E-state index contributed by atoms with van der Waals surface area (Å²) in [5, 5.41) is 9.38. The van der Waals surface area contributed by atoms with E-state index < -0.39 is 11.4 Å². The molecule has 2 N–H and O–H groups in total. The minimum atomic E-state index is -1.14. The standard InChI is InChI=1S/C17H14FN3O2/c1-17(2)16(22)21(13-5-3-11(18)4-6-13)15-10(9-19)7-12(20)8-14(15)23-17/h3-8H,20H2,1-2H3. The summed E-state index contributed by atoms with van der Waals surface area (Å²) in [5.74, 6) is -0.417. The normalized spacial score (nSPS) is 15.6. The molecule has 0 bridgehead atoms. The van der Waals surface area contributed by atoms with Crippen LogP contribution in [-0.4, -0.2) is 11.5 Å². The van der Waals surface area contributed by atoms with Crippen LogP contribution in [0.3, 0.4) is 0 Å². The van der Waals surface area contributed by atoms with E-state index in [1.807, 2.05) is 6.07 Å². The van der Waals surface area contributed by atoms with Crippen molar-refractivity contribution >= 4 is 23.0 Å². The number of anilines is 3. The number of nitrogens with zero attached hydrogens (tertiary/aromatic N) is 2. The molecule has 1 heterocycles. The summed E-state index contributed by atoms with van der Waals surface area (Å²) in [5.41, 5.74) is 6.02. The van der Waals surface area contributed by atoms with Crippen LogP contribution in [0.5, 0.6) is 5.75 Å². The number of fused-ring (bicyclic) bond motifs is 1. The highest BCUT2D eigenvalue weighted by atomic mass is 19.1. The Labute approximate surface area is 132 Å². The largest absolute Gasteiger partial charge is 0.476 e. The van der Waals surface area contributed by atoms with Crippen LogP contribution in [0.2, 0.25) is 0 Å². The first-order valence-corrected chi connectivity index (χ1v) is 6.96. The van der Waals surface area contributed by atoms with Crippen molar-refractivity contribution in [2.75, 3.05) is 10.6 Å². The molecule has 23 heavy (non-hydrogen) atoms. The van der Waals surface area contributed by atoms with Crippen molar-refractivity contribution in [3.05, 3.63) is 47.8 Å². The van der Waals surface area contributed by atoms with Crippen molar-refractivity contribution in [3.8, 4) is 11.8 Å². The van der Waals surface area contributed by atoms with Gasteiger partial charge in [-0.1, -0.05) is 0 Å². The lowest BCUT2D eigenvalue weighted by atomic mass is 10.00. The highest BCUT2D eigenvalue weighted by Crippen LogP contribution is 2.45. The SMILES string of the molecule is CC1(C)Oc2cc(N)cc(C#N)c2N(c2ccc(F)cc2)C1=O. The molecule has 0 atom stereocenters. The Morgan fingerprint density at radius 1 is 1.26 bits per heavy atom. The molecule has 1 amide bonds. The average molecular weight is 311 g/mol. The number of carbonyl (C=O) groups excluding carboxylic acids is 1. The molecule has 1 aliphatic rings. The van der Waals surface area contributed by atoms with Crippen molar-refractivity contribution < 1.29 is 13.9 Å². The van der Waals surface area contributed by atoms with Crippen molar-refractivity contribution in [1.82, 2.24) is 0 Å². The minimum absolute atomic E-state index is 0.216. The number of rotatable bonds is 1. The molecule has 0 aliphatic carbocycles. The van der Waals surface area contributed by atoms with Gasteiger partial charge in [0.15, 0.2) is 5.60 Å². The zero-order valence-corrected chi connectivity index (χ0v) is 12.6. The summed E-state index contributed by atoms with van der Waals surface area (Å²) in [6, 6.07) is 10.6. The van der Waals surface area contributed by atoms with Gasteiger partial charge in [0, 0.05) is 17.4 Å². The number of ether oxygens (including phenoxy) is 1. The second kappa shape index (κ2) is 4.99. The second-order valence-corrected chi connectivity index (χ2v) is 5.76. The van der Waals surface area contributed by atoms with E-state index in [0.717, 1.165) is 0 Å². The highest BCUT2D eigenvalue weighted by Gasteiger charge is 2.43. The highest BCUT2D eigenvalue weighted by molar-refractivity contribution is 6.09. The Kier molecular flexibility index (Phi) is 3.22. The van der Waals surface area contributed by atoms with Crippen LogP contribution in [0, 0.1) is 17.1 Å². The Morgan fingerprint density at radius 2 is 1.91 bits per heavy atom. The van der Waals surface area contributed by atoms with Gasteiger partial charge >= 0.3 is 0 Å². The summed E-state index contributed by atoms with van der Waals surface area (Å²) < 4.78 is 18.9. The molecule has 0 unspecified atom stereocenters.